The fourth-order valence-corrected chi connectivity index (χ4v) is 4.18. The SMILES string of the molecule is C[C@@H]1CC[C@@]2(C(C)(C)CCl)CCC=C2C1(C)O. The Labute approximate surface area is 110 Å². The summed E-state index contributed by atoms with van der Waals surface area (Å²) in [7, 11) is 0. The fraction of sp³-hybridized carbons (Fsp3) is 0.867. The van der Waals surface area contributed by atoms with Crippen LogP contribution in [0.5, 0.6) is 0 Å². The molecule has 3 atom stereocenters. The molecular weight excluding hydrogens is 232 g/mol. The van der Waals surface area contributed by atoms with Gasteiger partial charge in [-0.2, -0.15) is 0 Å². The van der Waals surface area contributed by atoms with Crippen molar-refractivity contribution in [2.75, 3.05) is 5.88 Å². The second kappa shape index (κ2) is 3.99. The van der Waals surface area contributed by atoms with Gasteiger partial charge in [-0.3, -0.25) is 0 Å². The number of hydrogen-bond donors (Lipinski definition) is 1. The first-order valence-corrected chi connectivity index (χ1v) is 7.31. The largest absolute Gasteiger partial charge is 0.386 e. The van der Waals surface area contributed by atoms with E-state index in [1.807, 2.05) is 6.92 Å². The molecule has 0 saturated heterocycles. The van der Waals surface area contributed by atoms with Gasteiger partial charge in [-0.15, -0.1) is 11.6 Å². The number of rotatable bonds is 2. The van der Waals surface area contributed by atoms with Gasteiger partial charge in [0.05, 0.1) is 5.60 Å². The molecule has 0 amide bonds. The molecule has 0 aromatic carbocycles. The fourth-order valence-electron chi connectivity index (χ4n) is 3.92. The lowest BCUT2D eigenvalue weighted by Crippen LogP contribution is -2.52. The predicted molar refractivity (Wildman–Crippen MR) is 73.3 cm³/mol. The van der Waals surface area contributed by atoms with E-state index >= 15 is 0 Å². The third-order valence-corrected chi connectivity index (χ3v) is 6.24. The Kier molecular flexibility index (Phi) is 3.15. The van der Waals surface area contributed by atoms with E-state index in [1.165, 1.54) is 12.0 Å². The molecule has 2 heteroatoms. The number of hydrogen-bond acceptors (Lipinski definition) is 1. The maximum Gasteiger partial charge on any atom is 0.0859 e. The van der Waals surface area contributed by atoms with Gasteiger partial charge >= 0.3 is 0 Å². The van der Waals surface area contributed by atoms with E-state index in [9.17, 15) is 5.11 Å². The van der Waals surface area contributed by atoms with Gasteiger partial charge in [-0.05, 0) is 49.5 Å². The van der Waals surface area contributed by atoms with Crippen molar-refractivity contribution in [3.05, 3.63) is 11.6 Å². The quantitative estimate of drug-likeness (QED) is 0.582. The zero-order valence-electron chi connectivity index (χ0n) is 11.5. The van der Waals surface area contributed by atoms with E-state index in [0.717, 1.165) is 19.3 Å². The van der Waals surface area contributed by atoms with Gasteiger partial charge in [0, 0.05) is 11.3 Å². The Hall–Kier alpha value is -0.0100. The summed E-state index contributed by atoms with van der Waals surface area (Å²) in [5.74, 6) is 1.01. The second-order valence-electron chi connectivity index (χ2n) is 6.84. The molecule has 1 N–H and O–H groups in total. The van der Waals surface area contributed by atoms with Crippen molar-refractivity contribution in [3.63, 3.8) is 0 Å². The summed E-state index contributed by atoms with van der Waals surface area (Å²) in [5.41, 5.74) is 0.832. The molecule has 2 aliphatic rings. The lowest BCUT2D eigenvalue weighted by molar-refractivity contribution is -0.0433. The highest BCUT2D eigenvalue weighted by molar-refractivity contribution is 6.18. The number of aliphatic hydroxyl groups is 1. The van der Waals surface area contributed by atoms with Crippen LogP contribution in [0, 0.1) is 16.7 Å². The van der Waals surface area contributed by atoms with Crippen molar-refractivity contribution in [1.82, 2.24) is 0 Å². The molecule has 0 spiro atoms. The van der Waals surface area contributed by atoms with Crippen molar-refractivity contribution in [2.45, 2.75) is 59.0 Å². The summed E-state index contributed by atoms with van der Waals surface area (Å²) in [6.07, 6.45) is 6.81. The van der Waals surface area contributed by atoms with Crippen molar-refractivity contribution >= 4 is 11.6 Å². The smallest absolute Gasteiger partial charge is 0.0859 e. The predicted octanol–water partition coefficient (Wildman–Crippen LogP) is 4.14. The van der Waals surface area contributed by atoms with Gasteiger partial charge in [0.2, 0.25) is 0 Å². The first-order chi connectivity index (χ1) is 7.78. The highest BCUT2D eigenvalue weighted by atomic mass is 35.5. The van der Waals surface area contributed by atoms with Crippen molar-refractivity contribution in [3.8, 4) is 0 Å². The molecular formula is C15H25ClO. The number of allylic oxidation sites excluding steroid dienone is 1. The zero-order valence-corrected chi connectivity index (χ0v) is 12.3. The summed E-state index contributed by atoms with van der Waals surface area (Å²) >= 11 is 6.21. The molecule has 0 aromatic heterocycles. The molecule has 98 valence electrons. The molecule has 1 fully saturated rings. The molecule has 0 bridgehead atoms. The molecule has 2 aliphatic carbocycles. The topological polar surface area (TPSA) is 20.2 Å². The van der Waals surface area contributed by atoms with Crippen LogP contribution in [0.3, 0.4) is 0 Å². The first-order valence-electron chi connectivity index (χ1n) is 6.77. The lowest BCUT2D eigenvalue weighted by Gasteiger charge is -2.54. The maximum atomic E-state index is 10.8. The van der Waals surface area contributed by atoms with E-state index in [2.05, 4.69) is 26.8 Å². The molecule has 1 saturated carbocycles. The van der Waals surface area contributed by atoms with Crippen LogP contribution in [0.4, 0.5) is 0 Å². The van der Waals surface area contributed by atoms with Gasteiger partial charge in [-0.1, -0.05) is 26.8 Å². The molecule has 1 nitrogen and oxygen atoms in total. The van der Waals surface area contributed by atoms with E-state index in [0.29, 0.717) is 11.8 Å². The van der Waals surface area contributed by atoms with E-state index < -0.39 is 5.60 Å². The minimum atomic E-state index is -0.641. The van der Waals surface area contributed by atoms with Crippen LogP contribution in [0.15, 0.2) is 11.6 Å². The van der Waals surface area contributed by atoms with Crippen molar-refractivity contribution in [2.24, 2.45) is 16.7 Å². The van der Waals surface area contributed by atoms with Crippen molar-refractivity contribution in [1.29, 1.82) is 0 Å². The molecule has 1 unspecified atom stereocenters. The summed E-state index contributed by atoms with van der Waals surface area (Å²) in [4.78, 5) is 0. The summed E-state index contributed by atoms with van der Waals surface area (Å²) in [5, 5.41) is 10.8. The van der Waals surface area contributed by atoms with Crippen LogP contribution in [0.25, 0.3) is 0 Å². The Morgan fingerprint density at radius 1 is 1.47 bits per heavy atom. The number of alkyl halides is 1. The summed E-state index contributed by atoms with van der Waals surface area (Å²) < 4.78 is 0. The van der Waals surface area contributed by atoms with Gasteiger partial charge in [0.1, 0.15) is 0 Å². The van der Waals surface area contributed by atoms with Gasteiger partial charge in [0.25, 0.3) is 0 Å². The monoisotopic (exact) mass is 256 g/mol. The van der Waals surface area contributed by atoms with Gasteiger partial charge < -0.3 is 5.11 Å². The van der Waals surface area contributed by atoms with Crippen LogP contribution >= 0.6 is 11.6 Å². The minimum absolute atomic E-state index is 0.0705. The van der Waals surface area contributed by atoms with Gasteiger partial charge in [-0.25, -0.2) is 0 Å². The standard InChI is InChI=1S/C15H25ClO/c1-11-7-9-15(13(2,3)10-16)8-5-6-12(15)14(11,4)17/h6,11,17H,5,7-10H2,1-4H3/t11-,14?,15+/m1/s1. The van der Waals surface area contributed by atoms with Crippen molar-refractivity contribution < 1.29 is 5.11 Å². The number of fused-ring (bicyclic) bond motifs is 1. The average Bonchev–Trinajstić information content (AvgIpc) is 2.71. The molecule has 2 rings (SSSR count). The summed E-state index contributed by atoms with van der Waals surface area (Å²) in [6.45, 7) is 8.67. The van der Waals surface area contributed by atoms with Crippen LogP contribution in [0.2, 0.25) is 0 Å². The van der Waals surface area contributed by atoms with E-state index in [-0.39, 0.29) is 10.8 Å². The molecule has 0 heterocycles. The Balaban J connectivity index is 2.46. The first kappa shape index (κ1) is 13.4. The number of halogens is 1. The molecule has 0 aromatic rings. The molecule has 0 radical (unpaired) electrons. The Morgan fingerprint density at radius 3 is 2.71 bits per heavy atom. The highest BCUT2D eigenvalue weighted by Crippen LogP contribution is 2.62. The summed E-state index contributed by atoms with van der Waals surface area (Å²) in [6, 6.07) is 0. The molecule has 17 heavy (non-hydrogen) atoms. The minimum Gasteiger partial charge on any atom is -0.386 e. The normalized spacial score (nSPS) is 42.2. The van der Waals surface area contributed by atoms with E-state index in [4.69, 9.17) is 11.6 Å². The molecule has 0 aliphatic heterocycles. The average molecular weight is 257 g/mol. The Bertz CT molecular complexity index is 343. The van der Waals surface area contributed by atoms with Crippen LogP contribution in [-0.4, -0.2) is 16.6 Å². The van der Waals surface area contributed by atoms with Crippen LogP contribution in [0.1, 0.15) is 53.4 Å². The third-order valence-electron chi connectivity index (χ3n) is 5.57. The zero-order chi connectivity index (χ0) is 12.9. The lowest BCUT2D eigenvalue weighted by atomic mass is 9.52. The van der Waals surface area contributed by atoms with Gasteiger partial charge in [0.15, 0.2) is 0 Å². The second-order valence-corrected chi connectivity index (χ2v) is 7.11. The highest BCUT2D eigenvalue weighted by Gasteiger charge is 2.57. The van der Waals surface area contributed by atoms with E-state index in [1.54, 1.807) is 0 Å². The Morgan fingerprint density at radius 2 is 2.12 bits per heavy atom. The third kappa shape index (κ3) is 1.69. The van der Waals surface area contributed by atoms with Crippen LogP contribution < -0.4 is 0 Å². The maximum absolute atomic E-state index is 10.8. The van der Waals surface area contributed by atoms with Crippen LogP contribution in [-0.2, 0) is 0 Å².